The molecule has 0 aliphatic carbocycles. The summed E-state index contributed by atoms with van der Waals surface area (Å²) in [6, 6.07) is 0. The molecule has 0 aromatic carbocycles. The van der Waals surface area contributed by atoms with Gasteiger partial charge in [0.1, 0.15) is 0 Å². The molecule has 76 valence electrons. The highest BCUT2D eigenvalue weighted by atomic mass is 16.2. The van der Waals surface area contributed by atoms with Gasteiger partial charge in [0.25, 0.3) is 0 Å². The van der Waals surface area contributed by atoms with E-state index < -0.39 is 0 Å². The molecule has 0 fully saturated rings. The van der Waals surface area contributed by atoms with Crippen molar-refractivity contribution in [3.05, 3.63) is 0 Å². The van der Waals surface area contributed by atoms with E-state index in [2.05, 4.69) is 10.6 Å². The zero-order valence-electron chi connectivity index (χ0n) is 7.93. The van der Waals surface area contributed by atoms with E-state index in [-0.39, 0.29) is 11.8 Å². The van der Waals surface area contributed by atoms with E-state index in [0.717, 1.165) is 0 Å². The third kappa shape index (κ3) is 8.81. The van der Waals surface area contributed by atoms with Gasteiger partial charge in [-0.25, -0.2) is 0 Å². The topological polar surface area (TPSA) is 84.2 Å². The highest BCUT2D eigenvalue weighted by Gasteiger charge is 1.98. The van der Waals surface area contributed by atoms with Gasteiger partial charge >= 0.3 is 0 Å². The van der Waals surface area contributed by atoms with Crippen molar-refractivity contribution < 1.29 is 9.59 Å². The molecule has 0 aromatic rings. The van der Waals surface area contributed by atoms with Gasteiger partial charge in [-0.3, -0.25) is 9.59 Å². The van der Waals surface area contributed by atoms with Gasteiger partial charge in [0.15, 0.2) is 0 Å². The van der Waals surface area contributed by atoms with Crippen molar-refractivity contribution in [3.63, 3.8) is 0 Å². The van der Waals surface area contributed by atoms with Crippen LogP contribution in [-0.2, 0) is 9.59 Å². The van der Waals surface area contributed by atoms with E-state index in [9.17, 15) is 9.59 Å². The lowest BCUT2D eigenvalue weighted by molar-refractivity contribution is -0.122. The molecule has 0 bridgehead atoms. The number of hydrogen-bond acceptors (Lipinski definition) is 3. The summed E-state index contributed by atoms with van der Waals surface area (Å²) in [5, 5.41) is 5.24. The second-order valence-electron chi connectivity index (χ2n) is 2.73. The molecule has 0 aliphatic heterocycles. The van der Waals surface area contributed by atoms with Crippen molar-refractivity contribution >= 4 is 11.8 Å². The molecule has 0 aliphatic rings. The van der Waals surface area contributed by atoms with Crippen molar-refractivity contribution in [1.82, 2.24) is 10.6 Å². The molecule has 0 unspecified atom stereocenters. The Morgan fingerprint density at radius 1 is 1.23 bits per heavy atom. The molecule has 13 heavy (non-hydrogen) atoms. The summed E-state index contributed by atoms with van der Waals surface area (Å²) >= 11 is 0. The van der Waals surface area contributed by atoms with E-state index in [0.29, 0.717) is 32.5 Å². The van der Waals surface area contributed by atoms with Crippen molar-refractivity contribution in [2.24, 2.45) is 5.73 Å². The Kier molecular flexibility index (Phi) is 6.91. The number of nitrogens with one attached hydrogen (secondary N) is 2. The summed E-state index contributed by atoms with van der Waals surface area (Å²) in [7, 11) is 0. The second-order valence-corrected chi connectivity index (χ2v) is 2.73. The summed E-state index contributed by atoms with van der Waals surface area (Å²) in [6.07, 6.45) is 1.16. The molecule has 0 saturated heterocycles. The van der Waals surface area contributed by atoms with E-state index in [1.807, 2.05) is 0 Å². The summed E-state index contributed by atoms with van der Waals surface area (Å²) in [5.74, 6) is -0.105. The molecule has 0 saturated carbocycles. The van der Waals surface area contributed by atoms with E-state index in [1.54, 1.807) is 0 Å². The van der Waals surface area contributed by atoms with Crippen LogP contribution >= 0.6 is 0 Å². The lowest BCUT2D eigenvalue weighted by Gasteiger charge is -2.04. The first-order valence-electron chi connectivity index (χ1n) is 4.38. The molecule has 2 amide bonds. The average molecular weight is 187 g/mol. The Morgan fingerprint density at radius 3 is 2.38 bits per heavy atom. The van der Waals surface area contributed by atoms with Crippen LogP contribution in [0.1, 0.15) is 19.8 Å². The summed E-state index contributed by atoms with van der Waals surface area (Å²) in [5.41, 5.74) is 5.23. The normalized spacial score (nSPS) is 9.38. The van der Waals surface area contributed by atoms with Crippen molar-refractivity contribution in [1.29, 1.82) is 0 Å². The van der Waals surface area contributed by atoms with Crippen molar-refractivity contribution in [2.45, 2.75) is 19.8 Å². The van der Waals surface area contributed by atoms with Crippen molar-refractivity contribution in [3.8, 4) is 0 Å². The zero-order valence-corrected chi connectivity index (χ0v) is 7.93. The molecular formula is C8H17N3O2. The van der Waals surface area contributed by atoms with Crippen LogP contribution in [-0.4, -0.2) is 31.4 Å². The maximum atomic E-state index is 11.0. The molecule has 0 rings (SSSR count). The van der Waals surface area contributed by atoms with Gasteiger partial charge in [-0.15, -0.1) is 0 Å². The molecule has 5 heteroatoms. The molecule has 4 N–H and O–H groups in total. The fraction of sp³-hybridized carbons (Fsp3) is 0.750. The van der Waals surface area contributed by atoms with Crippen LogP contribution in [0.5, 0.6) is 0 Å². The SMILES string of the molecule is CC(=O)NCCNC(=O)CCCN. The van der Waals surface area contributed by atoms with E-state index >= 15 is 0 Å². The van der Waals surface area contributed by atoms with Gasteiger partial charge in [-0.2, -0.15) is 0 Å². The Hall–Kier alpha value is -1.10. The number of nitrogens with two attached hydrogens (primary N) is 1. The highest BCUT2D eigenvalue weighted by Crippen LogP contribution is 1.83. The molecular weight excluding hydrogens is 170 g/mol. The van der Waals surface area contributed by atoms with Gasteiger partial charge in [0, 0.05) is 26.4 Å². The van der Waals surface area contributed by atoms with Crippen LogP contribution in [0.3, 0.4) is 0 Å². The van der Waals surface area contributed by atoms with Gasteiger partial charge in [0.2, 0.25) is 11.8 Å². The first-order valence-corrected chi connectivity index (χ1v) is 4.38. The molecule has 0 heterocycles. The Balaban J connectivity index is 3.22. The van der Waals surface area contributed by atoms with E-state index in [4.69, 9.17) is 5.73 Å². The lowest BCUT2D eigenvalue weighted by atomic mass is 10.3. The predicted molar refractivity (Wildman–Crippen MR) is 50.0 cm³/mol. The van der Waals surface area contributed by atoms with Crippen molar-refractivity contribution in [2.75, 3.05) is 19.6 Å². The van der Waals surface area contributed by atoms with E-state index in [1.165, 1.54) is 6.92 Å². The minimum absolute atomic E-state index is 0.0178. The monoisotopic (exact) mass is 187 g/mol. The quantitative estimate of drug-likeness (QED) is 0.465. The van der Waals surface area contributed by atoms with Gasteiger partial charge in [-0.1, -0.05) is 0 Å². The average Bonchev–Trinajstić information content (AvgIpc) is 2.08. The van der Waals surface area contributed by atoms with Crippen LogP contribution in [0.2, 0.25) is 0 Å². The van der Waals surface area contributed by atoms with Crippen LogP contribution in [0.25, 0.3) is 0 Å². The molecule has 5 nitrogen and oxygen atoms in total. The molecule has 0 radical (unpaired) electrons. The van der Waals surface area contributed by atoms with Gasteiger partial charge < -0.3 is 16.4 Å². The van der Waals surface area contributed by atoms with Gasteiger partial charge in [0.05, 0.1) is 0 Å². The lowest BCUT2D eigenvalue weighted by Crippen LogP contribution is -2.33. The molecule has 0 spiro atoms. The van der Waals surface area contributed by atoms with Crippen LogP contribution < -0.4 is 16.4 Å². The second kappa shape index (κ2) is 7.54. The summed E-state index contributed by atoms with van der Waals surface area (Å²) < 4.78 is 0. The highest BCUT2D eigenvalue weighted by molar-refractivity contribution is 5.76. The minimum Gasteiger partial charge on any atom is -0.355 e. The fourth-order valence-corrected chi connectivity index (χ4v) is 0.791. The van der Waals surface area contributed by atoms with Crippen LogP contribution in [0.4, 0.5) is 0 Å². The maximum absolute atomic E-state index is 11.0. The fourth-order valence-electron chi connectivity index (χ4n) is 0.791. The maximum Gasteiger partial charge on any atom is 0.220 e. The standard InChI is InChI=1S/C8H17N3O2/c1-7(12)10-5-6-11-8(13)3-2-4-9/h2-6,9H2,1H3,(H,10,12)(H,11,13). The van der Waals surface area contributed by atoms with Gasteiger partial charge in [-0.05, 0) is 13.0 Å². The molecule has 0 aromatic heterocycles. The van der Waals surface area contributed by atoms with Crippen LogP contribution in [0, 0.1) is 0 Å². The largest absolute Gasteiger partial charge is 0.355 e. The Labute approximate surface area is 78.1 Å². The first-order chi connectivity index (χ1) is 6.16. The Morgan fingerprint density at radius 2 is 1.85 bits per heavy atom. The summed E-state index contributed by atoms with van der Waals surface area (Å²) in [4.78, 5) is 21.4. The number of hydrogen-bond donors (Lipinski definition) is 3. The number of amides is 2. The van der Waals surface area contributed by atoms with Crippen LogP contribution in [0.15, 0.2) is 0 Å². The first kappa shape index (κ1) is 11.9. The summed E-state index contributed by atoms with van der Waals surface area (Å²) in [6.45, 7) is 2.92. The predicted octanol–water partition coefficient (Wildman–Crippen LogP) is -1.02. The number of rotatable bonds is 6. The Bertz CT molecular complexity index is 171. The zero-order chi connectivity index (χ0) is 10.1. The number of carbonyl (C=O) groups is 2. The third-order valence-corrected chi connectivity index (χ3v) is 1.43. The third-order valence-electron chi connectivity index (χ3n) is 1.43. The smallest absolute Gasteiger partial charge is 0.220 e. The number of carbonyl (C=O) groups excluding carboxylic acids is 2. The minimum atomic E-state index is -0.0868. The molecule has 0 atom stereocenters.